The van der Waals surface area contributed by atoms with E-state index in [1.807, 2.05) is 25.8 Å². The standard InChI is InChI=1S/C50H81N3O16/c1-14-36-50(10,61)43(58)29(4)40(56)27(2)23-49(9,63-13)45(30(5)42(31(6)46(60)67-36)68-39-24-48(8,62-12)44(59)32(7)66-39)69-47-41(57)34(22-28(3)65-47)52(11)21-17-20-51-37(54)25-53-33-18-15-16-19-35(33)64-26-38(53)55/h15-16,18-19,27-32,34,36,39,41-45,47,57-59,61H,14,17,20-26H2,1-13H3,(H,51,54)/t27-,28-,29+,30+,31-,32+,34+,36-,39+,41-,42+,43-,44+,45-,47+,48-,49-,50-/m1/s1. The highest BCUT2D eigenvalue weighted by Gasteiger charge is 2.54. The third-order valence-corrected chi connectivity index (χ3v) is 15.3. The average molecular weight is 980 g/mol. The van der Waals surface area contributed by atoms with Crippen LogP contribution in [0.1, 0.15) is 101 Å². The molecular weight excluding hydrogens is 899 g/mol. The Hall–Kier alpha value is -3.34. The van der Waals surface area contributed by atoms with E-state index in [9.17, 15) is 39.6 Å². The Morgan fingerprint density at radius 2 is 1.58 bits per heavy atom. The van der Waals surface area contributed by atoms with Crippen molar-refractivity contribution in [2.45, 2.75) is 186 Å². The number of cyclic esters (lactones) is 1. The predicted octanol–water partition coefficient (Wildman–Crippen LogP) is 2.74. The minimum atomic E-state index is -2.01. The van der Waals surface area contributed by atoms with E-state index >= 15 is 0 Å². The third-order valence-electron chi connectivity index (χ3n) is 15.3. The Bertz CT molecular complexity index is 1910. The van der Waals surface area contributed by atoms with Crippen molar-refractivity contribution in [3.8, 4) is 5.75 Å². The number of carbonyl (C=O) groups is 4. The molecule has 19 nitrogen and oxygen atoms in total. The highest BCUT2D eigenvalue weighted by Crippen LogP contribution is 2.42. The molecule has 4 aliphatic rings. The van der Waals surface area contributed by atoms with Crippen LogP contribution in [0.3, 0.4) is 0 Å². The van der Waals surface area contributed by atoms with Crippen molar-refractivity contribution in [1.29, 1.82) is 0 Å². The van der Waals surface area contributed by atoms with Gasteiger partial charge < -0.3 is 68.5 Å². The number of para-hydroxylation sites is 2. The molecule has 5 rings (SSSR count). The average Bonchev–Trinajstić information content (AvgIpc) is 3.32. The van der Waals surface area contributed by atoms with Gasteiger partial charge in [0.25, 0.3) is 5.91 Å². The maximum atomic E-state index is 14.4. The summed E-state index contributed by atoms with van der Waals surface area (Å²) >= 11 is 0. The molecule has 3 saturated heterocycles. The van der Waals surface area contributed by atoms with Crippen molar-refractivity contribution in [3.05, 3.63) is 24.3 Å². The highest BCUT2D eigenvalue weighted by molar-refractivity contribution is 6.02. The molecule has 1 aromatic carbocycles. The predicted molar refractivity (Wildman–Crippen MR) is 252 cm³/mol. The molecule has 392 valence electrons. The maximum Gasteiger partial charge on any atom is 0.311 e. The number of aliphatic hydroxyl groups excluding tert-OH is 3. The Labute approximate surface area is 407 Å². The number of nitrogens with one attached hydrogen (secondary N) is 1. The summed E-state index contributed by atoms with van der Waals surface area (Å²) in [4.78, 5) is 57.7. The van der Waals surface area contributed by atoms with E-state index in [4.69, 9.17) is 37.9 Å². The van der Waals surface area contributed by atoms with Crippen molar-refractivity contribution < 1.29 is 77.5 Å². The first-order chi connectivity index (χ1) is 32.3. The molecule has 4 aliphatic heterocycles. The van der Waals surface area contributed by atoms with Crippen LogP contribution in [-0.4, -0.2) is 181 Å². The molecule has 18 atom stereocenters. The van der Waals surface area contributed by atoms with Crippen LogP contribution in [0, 0.1) is 23.7 Å². The van der Waals surface area contributed by atoms with Crippen LogP contribution in [0.4, 0.5) is 5.69 Å². The molecule has 0 aliphatic carbocycles. The van der Waals surface area contributed by atoms with Crippen molar-refractivity contribution >= 4 is 29.3 Å². The molecule has 0 radical (unpaired) electrons. The van der Waals surface area contributed by atoms with E-state index in [0.29, 0.717) is 37.4 Å². The SMILES string of the molecule is CC[C@H]1OC(=O)[C@H](C)[C@@H](O[C@H]2C[C@@](C)(OC)[C@@H](O)[C@H](C)O2)[C@H](C)[C@@H](O[C@@H]2O[C@H](C)C[C@H](N(C)CCCNC(=O)CN3C(=O)COc4ccccc43)[C@H]2O)[C@](C)(OC)C[C@@H](C)C(=O)[C@H](C)[C@@H](O)[C@]1(C)O. The molecule has 2 amide bonds. The number of anilines is 1. The lowest BCUT2D eigenvalue weighted by molar-refractivity contribution is -0.319. The molecule has 69 heavy (non-hydrogen) atoms. The summed E-state index contributed by atoms with van der Waals surface area (Å²) < 4.78 is 50.0. The van der Waals surface area contributed by atoms with E-state index in [-0.39, 0.29) is 50.0 Å². The van der Waals surface area contributed by atoms with Gasteiger partial charge in [-0.2, -0.15) is 0 Å². The Morgan fingerprint density at radius 1 is 0.913 bits per heavy atom. The number of esters is 1. The van der Waals surface area contributed by atoms with Gasteiger partial charge in [-0.25, -0.2) is 0 Å². The summed E-state index contributed by atoms with van der Waals surface area (Å²) in [6.45, 7) is 17.3. The van der Waals surface area contributed by atoms with Crippen molar-refractivity contribution in [2.75, 3.05) is 52.4 Å². The lowest BCUT2D eigenvalue weighted by atomic mass is 9.74. The van der Waals surface area contributed by atoms with Gasteiger partial charge >= 0.3 is 5.97 Å². The first kappa shape index (κ1) is 56.6. The molecule has 19 heteroatoms. The van der Waals surface area contributed by atoms with E-state index in [0.717, 1.165) is 0 Å². The number of ether oxygens (including phenoxy) is 8. The quantitative estimate of drug-likeness (QED) is 0.133. The molecule has 3 fully saturated rings. The molecule has 0 saturated carbocycles. The number of carbonyl (C=O) groups excluding carboxylic acids is 4. The van der Waals surface area contributed by atoms with Gasteiger partial charge in [-0.05, 0) is 93.0 Å². The van der Waals surface area contributed by atoms with Crippen LogP contribution >= 0.6 is 0 Å². The van der Waals surface area contributed by atoms with Crippen molar-refractivity contribution in [2.24, 2.45) is 23.7 Å². The van der Waals surface area contributed by atoms with Gasteiger partial charge in [0.1, 0.15) is 42.0 Å². The lowest BCUT2D eigenvalue weighted by Crippen LogP contribution is -2.61. The number of methoxy groups -OCH3 is 2. The fourth-order valence-electron chi connectivity index (χ4n) is 10.8. The molecule has 5 N–H and O–H groups in total. The molecular formula is C50H81N3O16. The molecule has 4 heterocycles. The second kappa shape index (κ2) is 23.5. The van der Waals surface area contributed by atoms with E-state index < -0.39 is 114 Å². The highest BCUT2D eigenvalue weighted by atomic mass is 16.7. The van der Waals surface area contributed by atoms with Crippen LogP contribution in [0.15, 0.2) is 24.3 Å². The number of ketones is 1. The topological polar surface area (TPSA) is 242 Å². The van der Waals surface area contributed by atoms with E-state index in [2.05, 4.69) is 5.32 Å². The van der Waals surface area contributed by atoms with Crippen LogP contribution in [-0.2, 0) is 52.3 Å². The van der Waals surface area contributed by atoms with Gasteiger partial charge in [0, 0.05) is 51.0 Å². The molecule has 0 aromatic heterocycles. The number of hydrogen-bond donors (Lipinski definition) is 5. The molecule has 1 aromatic rings. The number of nitrogens with zero attached hydrogens (tertiary/aromatic N) is 2. The number of Topliss-reactive ketones (excluding diaryl/α,β-unsaturated/α-hetero) is 1. The Kier molecular flexibility index (Phi) is 19.2. The molecule has 0 unspecified atom stereocenters. The fourth-order valence-corrected chi connectivity index (χ4v) is 10.8. The minimum absolute atomic E-state index is 0.0455. The van der Waals surface area contributed by atoms with E-state index in [1.54, 1.807) is 65.8 Å². The van der Waals surface area contributed by atoms with Gasteiger partial charge in [0.15, 0.2) is 19.2 Å². The zero-order chi connectivity index (χ0) is 51.3. The van der Waals surface area contributed by atoms with Crippen LogP contribution in [0.25, 0.3) is 0 Å². The summed E-state index contributed by atoms with van der Waals surface area (Å²) in [6.07, 6.45) is -9.38. The first-order valence-corrected chi connectivity index (χ1v) is 24.6. The summed E-state index contributed by atoms with van der Waals surface area (Å²) in [5.41, 5.74) is -3.91. The van der Waals surface area contributed by atoms with Gasteiger partial charge in [0.2, 0.25) is 5.91 Å². The number of rotatable bonds is 14. The van der Waals surface area contributed by atoms with Crippen LogP contribution in [0.5, 0.6) is 5.75 Å². The second-order valence-electron chi connectivity index (χ2n) is 20.6. The van der Waals surface area contributed by atoms with Crippen LogP contribution in [0.2, 0.25) is 0 Å². The monoisotopic (exact) mass is 980 g/mol. The number of amides is 2. The first-order valence-electron chi connectivity index (χ1n) is 24.6. The second-order valence-corrected chi connectivity index (χ2v) is 20.6. The summed E-state index contributed by atoms with van der Waals surface area (Å²) in [6, 6.07) is 6.58. The molecule has 0 spiro atoms. The zero-order valence-electron chi connectivity index (χ0n) is 42.9. The third kappa shape index (κ3) is 12.7. The maximum absolute atomic E-state index is 14.4. The summed E-state index contributed by atoms with van der Waals surface area (Å²) in [7, 11) is 4.84. The van der Waals surface area contributed by atoms with E-state index in [1.165, 1.54) is 33.0 Å². The van der Waals surface area contributed by atoms with Gasteiger partial charge in [0.05, 0.1) is 53.3 Å². The van der Waals surface area contributed by atoms with Gasteiger partial charge in [-0.15, -0.1) is 0 Å². The number of benzene rings is 1. The van der Waals surface area contributed by atoms with Crippen molar-refractivity contribution in [3.63, 3.8) is 0 Å². The zero-order valence-corrected chi connectivity index (χ0v) is 42.9. The molecule has 0 bridgehead atoms. The normalized spacial score (nSPS) is 40.6. The van der Waals surface area contributed by atoms with Gasteiger partial charge in [-0.3, -0.25) is 24.1 Å². The fraction of sp³-hybridized carbons (Fsp3) is 0.800. The van der Waals surface area contributed by atoms with Gasteiger partial charge in [-0.1, -0.05) is 39.8 Å². The van der Waals surface area contributed by atoms with Crippen LogP contribution < -0.4 is 15.0 Å². The largest absolute Gasteiger partial charge is 0.482 e. The Balaban J connectivity index is 1.42. The number of fused-ring (bicyclic) bond motifs is 1. The van der Waals surface area contributed by atoms with Crippen molar-refractivity contribution in [1.82, 2.24) is 10.2 Å². The number of hydrogen-bond acceptors (Lipinski definition) is 17. The summed E-state index contributed by atoms with van der Waals surface area (Å²) in [5.74, 6) is -4.94. The lowest BCUT2D eigenvalue weighted by Gasteiger charge is -2.50. The minimum Gasteiger partial charge on any atom is -0.482 e. The number of likely N-dealkylation sites (N-methyl/N-ethyl adjacent to an activating group) is 1. The smallest absolute Gasteiger partial charge is 0.311 e. The number of aliphatic hydroxyl groups is 4. The Morgan fingerprint density at radius 3 is 2.23 bits per heavy atom. The summed E-state index contributed by atoms with van der Waals surface area (Å²) in [5, 5.41) is 49.5.